The third kappa shape index (κ3) is 2.49. The van der Waals surface area contributed by atoms with E-state index in [9.17, 15) is 4.39 Å². The van der Waals surface area contributed by atoms with E-state index in [1.165, 1.54) is 12.1 Å². The minimum atomic E-state index is -0.212. The van der Waals surface area contributed by atoms with Crippen molar-refractivity contribution in [2.45, 2.75) is 32.8 Å². The van der Waals surface area contributed by atoms with Gasteiger partial charge in [0.25, 0.3) is 0 Å². The van der Waals surface area contributed by atoms with Gasteiger partial charge in [-0.05, 0) is 48.9 Å². The van der Waals surface area contributed by atoms with E-state index in [4.69, 9.17) is 4.74 Å². The summed E-state index contributed by atoms with van der Waals surface area (Å²) in [4.78, 5) is 0. The average Bonchev–Trinajstić information content (AvgIpc) is 2.13. The summed E-state index contributed by atoms with van der Waals surface area (Å²) in [7, 11) is 0. The van der Waals surface area contributed by atoms with Gasteiger partial charge in [0.15, 0.2) is 0 Å². The summed E-state index contributed by atoms with van der Waals surface area (Å²) < 4.78 is 18.4. The average molecular weight is 208 g/mol. The van der Waals surface area contributed by atoms with E-state index in [2.05, 4.69) is 13.8 Å². The molecule has 0 heterocycles. The highest BCUT2D eigenvalue weighted by Gasteiger charge is 2.32. The highest BCUT2D eigenvalue weighted by atomic mass is 19.1. The molecule has 0 radical (unpaired) electrons. The fraction of sp³-hybridized carbons (Fsp3) is 0.538. The molecular formula is C13H17FO. The lowest BCUT2D eigenvalue weighted by Crippen LogP contribution is -2.36. The Kier molecular flexibility index (Phi) is 2.94. The molecule has 0 saturated heterocycles. The van der Waals surface area contributed by atoms with Gasteiger partial charge in [-0.3, -0.25) is 0 Å². The van der Waals surface area contributed by atoms with Gasteiger partial charge in [0.2, 0.25) is 0 Å². The van der Waals surface area contributed by atoms with Crippen LogP contribution in [-0.4, -0.2) is 6.10 Å². The van der Waals surface area contributed by atoms with Crippen LogP contribution in [0.25, 0.3) is 0 Å². The number of halogens is 1. The van der Waals surface area contributed by atoms with E-state index in [1.54, 1.807) is 12.1 Å². The van der Waals surface area contributed by atoms with Crippen LogP contribution in [0.3, 0.4) is 0 Å². The highest BCUT2D eigenvalue weighted by Crippen LogP contribution is 2.36. The molecule has 1 aliphatic rings. The van der Waals surface area contributed by atoms with Crippen LogP contribution < -0.4 is 4.74 Å². The first-order chi connectivity index (χ1) is 7.15. The molecule has 1 fully saturated rings. The summed E-state index contributed by atoms with van der Waals surface area (Å²) >= 11 is 0. The van der Waals surface area contributed by atoms with Gasteiger partial charge >= 0.3 is 0 Å². The molecule has 15 heavy (non-hydrogen) atoms. The van der Waals surface area contributed by atoms with Crippen molar-refractivity contribution in [2.24, 2.45) is 11.8 Å². The van der Waals surface area contributed by atoms with Gasteiger partial charge in [0.1, 0.15) is 11.6 Å². The predicted octanol–water partition coefficient (Wildman–Crippen LogP) is 3.64. The second-order valence-electron chi connectivity index (χ2n) is 4.67. The van der Waals surface area contributed by atoms with Crippen LogP contribution in [0, 0.1) is 17.7 Å². The Balaban J connectivity index is 1.82. The first-order valence-corrected chi connectivity index (χ1v) is 5.57. The van der Waals surface area contributed by atoms with Crippen molar-refractivity contribution in [1.82, 2.24) is 0 Å². The molecule has 1 aromatic carbocycles. The maximum Gasteiger partial charge on any atom is 0.123 e. The lowest BCUT2D eigenvalue weighted by atomic mass is 9.75. The third-order valence-electron chi connectivity index (χ3n) is 3.19. The number of benzene rings is 1. The zero-order valence-electron chi connectivity index (χ0n) is 9.24. The fourth-order valence-electron chi connectivity index (χ4n) is 1.95. The van der Waals surface area contributed by atoms with Gasteiger partial charge in [-0.2, -0.15) is 0 Å². The van der Waals surface area contributed by atoms with Crippen molar-refractivity contribution in [3.05, 3.63) is 30.1 Å². The lowest BCUT2D eigenvalue weighted by molar-refractivity contribution is 0.0416. The molecule has 0 atom stereocenters. The zero-order chi connectivity index (χ0) is 10.8. The van der Waals surface area contributed by atoms with Crippen molar-refractivity contribution in [2.75, 3.05) is 0 Å². The van der Waals surface area contributed by atoms with E-state index >= 15 is 0 Å². The highest BCUT2D eigenvalue weighted by molar-refractivity contribution is 5.22. The Bertz CT molecular complexity index is 312. The smallest absolute Gasteiger partial charge is 0.123 e. The minimum absolute atomic E-state index is 0.212. The second-order valence-corrected chi connectivity index (χ2v) is 4.67. The molecule has 1 nitrogen and oxygen atoms in total. The van der Waals surface area contributed by atoms with E-state index in [0.29, 0.717) is 6.10 Å². The molecule has 0 aliphatic heterocycles. The van der Waals surface area contributed by atoms with E-state index in [-0.39, 0.29) is 5.82 Å². The second kappa shape index (κ2) is 4.21. The van der Waals surface area contributed by atoms with Crippen LogP contribution in [0.5, 0.6) is 5.75 Å². The maximum absolute atomic E-state index is 12.6. The molecule has 1 aromatic rings. The molecule has 2 rings (SSSR count). The Morgan fingerprint density at radius 1 is 1.20 bits per heavy atom. The van der Waals surface area contributed by atoms with E-state index in [0.717, 1.165) is 30.4 Å². The number of hydrogen-bond donors (Lipinski definition) is 0. The van der Waals surface area contributed by atoms with Gasteiger partial charge in [-0.15, -0.1) is 0 Å². The first kappa shape index (κ1) is 10.5. The molecule has 0 unspecified atom stereocenters. The van der Waals surface area contributed by atoms with Gasteiger partial charge < -0.3 is 4.74 Å². The van der Waals surface area contributed by atoms with Gasteiger partial charge in [-0.1, -0.05) is 13.8 Å². The Morgan fingerprint density at radius 2 is 1.80 bits per heavy atom. The van der Waals surface area contributed by atoms with Crippen molar-refractivity contribution >= 4 is 0 Å². The summed E-state index contributed by atoms with van der Waals surface area (Å²) in [6, 6.07) is 6.26. The van der Waals surface area contributed by atoms with Crippen molar-refractivity contribution in [3.63, 3.8) is 0 Å². The molecule has 0 spiro atoms. The largest absolute Gasteiger partial charge is 0.490 e. The monoisotopic (exact) mass is 208 g/mol. The molecule has 0 N–H and O–H groups in total. The fourth-order valence-corrected chi connectivity index (χ4v) is 1.95. The van der Waals surface area contributed by atoms with Crippen LogP contribution in [0.15, 0.2) is 24.3 Å². The third-order valence-corrected chi connectivity index (χ3v) is 3.19. The number of hydrogen-bond acceptors (Lipinski definition) is 1. The van der Waals surface area contributed by atoms with Crippen molar-refractivity contribution < 1.29 is 9.13 Å². The van der Waals surface area contributed by atoms with Gasteiger partial charge in [0.05, 0.1) is 6.10 Å². The lowest BCUT2D eigenvalue weighted by Gasteiger charge is -2.37. The Labute approximate surface area is 90.3 Å². The van der Waals surface area contributed by atoms with Crippen LogP contribution in [0.4, 0.5) is 4.39 Å². The molecule has 1 saturated carbocycles. The normalized spacial score (nSPS) is 25.1. The molecular weight excluding hydrogens is 191 g/mol. The Hall–Kier alpha value is -1.05. The van der Waals surface area contributed by atoms with Crippen LogP contribution in [0.2, 0.25) is 0 Å². The van der Waals surface area contributed by atoms with E-state index in [1.807, 2.05) is 0 Å². The van der Waals surface area contributed by atoms with Crippen LogP contribution >= 0.6 is 0 Å². The minimum Gasteiger partial charge on any atom is -0.490 e. The summed E-state index contributed by atoms with van der Waals surface area (Å²) in [6.07, 6.45) is 2.60. The number of ether oxygens (including phenoxy) is 1. The molecule has 1 aliphatic carbocycles. The molecule has 82 valence electrons. The van der Waals surface area contributed by atoms with Gasteiger partial charge in [0, 0.05) is 0 Å². The van der Waals surface area contributed by atoms with Crippen molar-refractivity contribution in [3.8, 4) is 5.75 Å². The summed E-state index contributed by atoms with van der Waals surface area (Å²) in [5.41, 5.74) is 0. The zero-order valence-corrected chi connectivity index (χ0v) is 9.24. The molecule has 0 bridgehead atoms. The topological polar surface area (TPSA) is 9.23 Å². The van der Waals surface area contributed by atoms with Gasteiger partial charge in [-0.25, -0.2) is 4.39 Å². The van der Waals surface area contributed by atoms with Crippen LogP contribution in [0.1, 0.15) is 26.7 Å². The molecule has 0 aromatic heterocycles. The van der Waals surface area contributed by atoms with Crippen molar-refractivity contribution in [1.29, 1.82) is 0 Å². The standard InChI is InChI=1S/C13H17FO/c1-9(2)10-7-13(8-10)15-12-5-3-11(14)4-6-12/h3-6,9-10,13H,7-8H2,1-2H3. The molecule has 2 heteroatoms. The summed E-state index contributed by atoms with van der Waals surface area (Å²) in [5, 5.41) is 0. The quantitative estimate of drug-likeness (QED) is 0.737. The first-order valence-electron chi connectivity index (χ1n) is 5.57. The Morgan fingerprint density at radius 3 is 2.33 bits per heavy atom. The van der Waals surface area contributed by atoms with E-state index < -0.39 is 0 Å². The number of rotatable bonds is 3. The summed E-state index contributed by atoms with van der Waals surface area (Å²) in [6.45, 7) is 4.50. The maximum atomic E-state index is 12.6. The summed E-state index contributed by atoms with van der Waals surface area (Å²) in [5.74, 6) is 2.12. The molecule has 0 amide bonds. The van der Waals surface area contributed by atoms with Crippen LogP contribution in [-0.2, 0) is 0 Å². The SMILES string of the molecule is CC(C)C1CC(Oc2ccc(F)cc2)C1. The predicted molar refractivity (Wildman–Crippen MR) is 58.4 cm³/mol.